The number of allylic oxidation sites excluding steroid dienone is 1. The quantitative estimate of drug-likeness (QED) is 0.604. The zero-order chi connectivity index (χ0) is 21.7. The zero-order valence-electron chi connectivity index (χ0n) is 15.6. The van der Waals surface area contributed by atoms with Gasteiger partial charge in [0.25, 0.3) is 10.0 Å². The molecule has 1 aliphatic rings. The smallest absolute Gasteiger partial charge is 0.373 e. The Bertz CT molecular complexity index is 1080. The minimum absolute atomic E-state index is 0.171. The number of sulfone groups is 1. The summed E-state index contributed by atoms with van der Waals surface area (Å²) in [5.41, 5.74) is 0. The van der Waals surface area contributed by atoms with Gasteiger partial charge in [0.15, 0.2) is 14.9 Å². The fourth-order valence-electron chi connectivity index (χ4n) is 2.04. The summed E-state index contributed by atoms with van der Waals surface area (Å²) in [6.07, 6.45) is 3.02. The fraction of sp³-hybridized carbons (Fsp3) is 0.333. The number of aromatic nitrogens is 1. The van der Waals surface area contributed by atoms with Crippen LogP contribution in [-0.4, -0.2) is 54.1 Å². The van der Waals surface area contributed by atoms with Crippen LogP contribution in [0.2, 0.25) is 0 Å². The second-order valence-corrected chi connectivity index (χ2v) is 9.14. The summed E-state index contributed by atoms with van der Waals surface area (Å²) in [5.74, 6) is -0.195. The molecule has 0 aliphatic carbocycles. The van der Waals surface area contributed by atoms with Gasteiger partial charge in [-0.3, -0.25) is 0 Å². The molecule has 0 fully saturated rings. The molecule has 1 N–H and O–H groups in total. The maximum absolute atomic E-state index is 12.4. The highest BCUT2D eigenvalue weighted by molar-refractivity contribution is 7.93. The first-order valence-corrected chi connectivity index (χ1v) is 11.1. The van der Waals surface area contributed by atoms with Crippen molar-refractivity contribution in [3.05, 3.63) is 42.1 Å². The predicted molar refractivity (Wildman–Crippen MR) is 97.6 cm³/mol. The van der Waals surface area contributed by atoms with Gasteiger partial charge in [0.05, 0.1) is 12.9 Å². The van der Waals surface area contributed by atoms with Crippen LogP contribution in [0.1, 0.15) is 6.92 Å². The molecule has 1 atom stereocenters. The Hall–Kier alpha value is -2.84. The molecule has 2 heterocycles. The first-order valence-electron chi connectivity index (χ1n) is 7.96. The van der Waals surface area contributed by atoms with Crippen molar-refractivity contribution in [2.45, 2.75) is 23.1 Å². The van der Waals surface area contributed by atoms with Crippen LogP contribution >= 0.6 is 0 Å². The van der Waals surface area contributed by atoms with E-state index >= 15 is 0 Å². The van der Waals surface area contributed by atoms with Crippen molar-refractivity contribution in [1.82, 2.24) is 9.71 Å². The molecule has 12 nitrogen and oxygen atoms in total. The molecule has 2 rings (SSSR count). The van der Waals surface area contributed by atoms with Gasteiger partial charge in [-0.05, 0) is 12.1 Å². The molecular formula is C15H18N4O8S2. The Morgan fingerprint density at radius 2 is 2.03 bits per heavy atom. The normalized spacial score (nSPS) is 17.3. The van der Waals surface area contributed by atoms with E-state index in [-0.39, 0.29) is 11.6 Å². The van der Waals surface area contributed by atoms with Crippen LogP contribution in [0.5, 0.6) is 0 Å². The first-order chi connectivity index (χ1) is 13.6. The average Bonchev–Trinajstić information content (AvgIpc) is 2.71. The number of amides is 2. The number of azo groups is 1. The molecule has 0 saturated heterocycles. The SMILES string of the molecule is CCS(=O)(=O)c1cccnc1S(=O)(=O)NC(=O)N=NC1=CC(OC)=CC(OC)O1. The summed E-state index contributed by atoms with van der Waals surface area (Å²) in [5, 5.41) is 5.87. The summed E-state index contributed by atoms with van der Waals surface area (Å²) in [4.78, 5) is 15.0. The number of urea groups is 1. The van der Waals surface area contributed by atoms with Gasteiger partial charge in [0.2, 0.25) is 12.2 Å². The summed E-state index contributed by atoms with van der Waals surface area (Å²) in [6.45, 7) is 1.35. The number of hydrogen-bond donors (Lipinski definition) is 1. The van der Waals surface area contributed by atoms with Crippen LogP contribution in [0.3, 0.4) is 0 Å². The molecular weight excluding hydrogens is 428 g/mol. The average molecular weight is 446 g/mol. The Labute approximate surface area is 167 Å². The van der Waals surface area contributed by atoms with Crippen LogP contribution in [0, 0.1) is 0 Å². The third-order valence-corrected chi connectivity index (χ3v) is 6.60. The molecule has 1 aliphatic heterocycles. The largest absolute Gasteiger partial charge is 0.497 e. The minimum atomic E-state index is -4.63. The molecule has 1 unspecified atom stereocenters. The number of rotatable bonds is 7. The van der Waals surface area contributed by atoms with Gasteiger partial charge in [0, 0.05) is 25.5 Å². The number of sulfonamides is 1. The van der Waals surface area contributed by atoms with Crippen molar-refractivity contribution >= 4 is 25.9 Å². The van der Waals surface area contributed by atoms with Crippen LogP contribution in [-0.2, 0) is 34.1 Å². The topological polar surface area (TPSA) is 163 Å². The number of ether oxygens (including phenoxy) is 3. The van der Waals surface area contributed by atoms with E-state index in [4.69, 9.17) is 14.2 Å². The van der Waals surface area contributed by atoms with Crippen molar-refractivity contribution in [3.63, 3.8) is 0 Å². The number of pyridine rings is 1. The Kier molecular flexibility index (Phi) is 7.05. The van der Waals surface area contributed by atoms with Gasteiger partial charge >= 0.3 is 6.03 Å². The van der Waals surface area contributed by atoms with Gasteiger partial charge in [-0.15, -0.1) is 5.11 Å². The number of carbonyl (C=O) groups is 1. The second-order valence-electron chi connectivity index (χ2n) is 5.30. The van der Waals surface area contributed by atoms with Gasteiger partial charge in [-0.1, -0.05) is 12.0 Å². The first kappa shape index (κ1) is 22.4. The zero-order valence-corrected chi connectivity index (χ0v) is 17.2. The van der Waals surface area contributed by atoms with Crippen LogP contribution < -0.4 is 4.72 Å². The molecule has 0 bridgehead atoms. The third kappa shape index (κ3) is 5.58. The van der Waals surface area contributed by atoms with E-state index in [9.17, 15) is 21.6 Å². The van der Waals surface area contributed by atoms with E-state index in [1.807, 2.05) is 0 Å². The van der Waals surface area contributed by atoms with Gasteiger partial charge in [-0.25, -0.2) is 22.9 Å². The number of carbonyl (C=O) groups excluding carboxylic acids is 1. The van der Waals surface area contributed by atoms with Gasteiger partial charge in [0.1, 0.15) is 10.7 Å². The van der Waals surface area contributed by atoms with Crippen LogP contribution in [0.15, 0.2) is 62.3 Å². The van der Waals surface area contributed by atoms with E-state index in [1.54, 1.807) is 4.72 Å². The molecule has 0 spiro atoms. The Morgan fingerprint density at radius 1 is 1.31 bits per heavy atom. The Balaban J connectivity index is 2.22. The fourth-order valence-corrected chi connectivity index (χ4v) is 4.56. The molecule has 2 amide bonds. The van der Waals surface area contributed by atoms with Gasteiger partial charge in [-0.2, -0.15) is 8.42 Å². The lowest BCUT2D eigenvalue weighted by molar-refractivity contribution is -0.0655. The summed E-state index contributed by atoms with van der Waals surface area (Å²) < 4.78 is 65.8. The number of nitrogens with one attached hydrogen (secondary N) is 1. The van der Waals surface area contributed by atoms with Crippen LogP contribution in [0.4, 0.5) is 4.79 Å². The third-order valence-electron chi connectivity index (χ3n) is 3.44. The number of methoxy groups -OCH3 is 2. The summed E-state index contributed by atoms with van der Waals surface area (Å²) in [7, 11) is -5.78. The summed E-state index contributed by atoms with van der Waals surface area (Å²) in [6, 6.07) is 0.960. The second kappa shape index (κ2) is 9.11. The number of nitrogens with zero attached hydrogens (tertiary/aromatic N) is 3. The molecule has 1 aromatic rings. The summed E-state index contributed by atoms with van der Waals surface area (Å²) >= 11 is 0. The highest BCUT2D eigenvalue weighted by Gasteiger charge is 2.28. The molecule has 0 saturated carbocycles. The maximum Gasteiger partial charge on any atom is 0.373 e. The van der Waals surface area contributed by atoms with Crippen molar-refractivity contribution in [2.24, 2.45) is 10.2 Å². The highest BCUT2D eigenvalue weighted by atomic mass is 32.2. The molecule has 0 radical (unpaired) electrons. The van der Waals surface area contributed by atoms with Crippen molar-refractivity contribution in [3.8, 4) is 0 Å². The van der Waals surface area contributed by atoms with E-state index in [2.05, 4.69) is 15.2 Å². The predicted octanol–water partition coefficient (Wildman–Crippen LogP) is 1.10. The van der Waals surface area contributed by atoms with E-state index < -0.39 is 42.1 Å². The molecule has 14 heteroatoms. The minimum Gasteiger partial charge on any atom is -0.497 e. The Morgan fingerprint density at radius 3 is 2.66 bits per heavy atom. The standard InChI is InChI=1S/C15H18N4O8S2/c1-4-28(21,22)11-6-5-7-16-14(11)29(23,24)19-15(20)18-17-12-8-10(25-2)9-13(26-3)27-12/h5-9,13H,4H2,1-3H3,(H,19,20). The molecule has 29 heavy (non-hydrogen) atoms. The monoisotopic (exact) mass is 446 g/mol. The van der Waals surface area contributed by atoms with Crippen molar-refractivity contribution < 1.29 is 35.8 Å². The lowest BCUT2D eigenvalue weighted by atomic mass is 10.3. The van der Waals surface area contributed by atoms with E-state index in [1.165, 1.54) is 39.4 Å². The van der Waals surface area contributed by atoms with Crippen LogP contribution in [0.25, 0.3) is 0 Å². The maximum atomic E-state index is 12.4. The molecule has 1 aromatic heterocycles. The van der Waals surface area contributed by atoms with Gasteiger partial charge < -0.3 is 14.2 Å². The molecule has 0 aromatic carbocycles. The van der Waals surface area contributed by atoms with E-state index in [0.717, 1.165) is 12.3 Å². The lowest BCUT2D eigenvalue weighted by Crippen LogP contribution is -2.30. The number of hydrogen-bond acceptors (Lipinski definition) is 10. The van der Waals surface area contributed by atoms with Crippen molar-refractivity contribution in [2.75, 3.05) is 20.0 Å². The van der Waals surface area contributed by atoms with Crippen molar-refractivity contribution in [1.29, 1.82) is 0 Å². The lowest BCUT2D eigenvalue weighted by Gasteiger charge is -2.18. The highest BCUT2D eigenvalue weighted by Crippen LogP contribution is 2.20. The van der Waals surface area contributed by atoms with E-state index in [0.29, 0.717) is 5.76 Å². The molecule has 158 valence electrons.